The van der Waals surface area contributed by atoms with Crippen molar-refractivity contribution >= 4 is 27.5 Å². The predicted molar refractivity (Wildman–Crippen MR) is 111 cm³/mol. The average molecular weight is 422 g/mol. The molecule has 152 valence electrons. The quantitative estimate of drug-likeness (QED) is 0.495. The number of hydrogen-bond acceptors (Lipinski definition) is 6. The lowest BCUT2D eigenvalue weighted by atomic mass is 10.2. The highest BCUT2D eigenvalue weighted by atomic mass is 32.2. The molecule has 0 spiro atoms. The summed E-state index contributed by atoms with van der Waals surface area (Å²) in [6.07, 6.45) is 3.15. The zero-order valence-electron chi connectivity index (χ0n) is 16.2. The summed E-state index contributed by atoms with van der Waals surface area (Å²) in [5, 5.41) is 6.87. The first kappa shape index (κ1) is 19.6. The number of rotatable bonds is 5. The Morgan fingerprint density at radius 1 is 1.00 bits per heavy atom. The zero-order chi connectivity index (χ0) is 21.3. The van der Waals surface area contributed by atoms with E-state index in [2.05, 4.69) is 15.4 Å². The second kappa shape index (κ2) is 7.60. The molecule has 9 heteroatoms. The first-order valence-electron chi connectivity index (χ1n) is 9.05. The number of anilines is 1. The topological polar surface area (TPSA) is 103 Å². The second-order valence-electron chi connectivity index (χ2n) is 6.72. The van der Waals surface area contributed by atoms with Crippen LogP contribution in [0, 0.1) is 13.8 Å². The number of fused-ring (bicyclic) bond motifs is 1. The van der Waals surface area contributed by atoms with E-state index in [1.54, 1.807) is 43.6 Å². The van der Waals surface area contributed by atoms with Gasteiger partial charge in [0, 0.05) is 17.8 Å². The summed E-state index contributed by atoms with van der Waals surface area (Å²) in [5.74, 6) is 0.209. The summed E-state index contributed by atoms with van der Waals surface area (Å²) in [4.78, 5) is 16.8. The van der Waals surface area contributed by atoms with E-state index in [1.807, 2.05) is 13.0 Å². The molecule has 0 fully saturated rings. The smallest absolute Gasteiger partial charge is 0.339 e. The van der Waals surface area contributed by atoms with Crippen molar-refractivity contribution in [2.75, 3.05) is 5.32 Å². The van der Waals surface area contributed by atoms with Crippen molar-refractivity contribution in [1.29, 1.82) is 0 Å². The van der Waals surface area contributed by atoms with Gasteiger partial charge in [-0.1, -0.05) is 12.1 Å². The van der Waals surface area contributed by atoms with E-state index < -0.39 is 10.1 Å². The largest absolute Gasteiger partial charge is 0.379 e. The van der Waals surface area contributed by atoms with E-state index in [0.717, 1.165) is 5.56 Å². The standard InChI is InChI=1S/C21H18N4O4S/c1-14-3-4-15(2)18(13-14)30(27,28)29-17-7-5-16(6-8-17)21(26)24-20-9-11-22-19-10-12-23-25(19)20/h3-13H,1-2H3,(H,24,26). The number of hydrogen-bond donors (Lipinski definition) is 1. The Morgan fingerprint density at radius 2 is 1.77 bits per heavy atom. The lowest BCUT2D eigenvalue weighted by Crippen LogP contribution is -2.15. The van der Waals surface area contributed by atoms with Crippen LogP contribution in [0.15, 0.2) is 71.9 Å². The van der Waals surface area contributed by atoms with Gasteiger partial charge in [0.2, 0.25) is 0 Å². The Morgan fingerprint density at radius 3 is 2.53 bits per heavy atom. The van der Waals surface area contributed by atoms with E-state index in [4.69, 9.17) is 4.18 Å². The SMILES string of the molecule is Cc1ccc(C)c(S(=O)(=O)Oc2ccc(C(=O)Nc3ccnc4ccnn34)cc2)c1. The van der Waals surface area contributed by atoms with Crippen molar-refractivity contribution in [2.24, 2.45) is 0 Å². The molecule has 2 aromatic heterocycles. The Kier molecular flexibility index (Phi) is 4.96. The third kappa shape index (κ3) is 3.87. The highest BCUT2D eigenvalue weighted by molar-refractivity contribution is 7.87. The van der Waals surface area contributed by atoms with Crippen molar-refractivity contribution in [1.82, 2.24) is 14.6 Å². The maximum atomic E-state index is 12.6. The predicted octanol–water partition coefficient (Wildman–Crippen LogP) is 3.37. The molecule has 0 aliphatic rings. The fraction of sp³-hybridized carbons (Fsp3) is 0.0952. The van der Waals surface area contributed by atoms with Crippen LogP contribution in [-0.2, 0) is 10.1 Å². The zero-order valence-corrected chi connectivity index (χ0v) is 17.1. The van der Waals surface area contributed by atoms with Gasteiger partial charge in [-0.2, -0.15) is 18.0 Å². The average Bonchev–Trinajstić information content (AvgIpc) is 3.20. The van der Waals surface area contributed by atoms with E-state index in [1.165, 1.54) is 28.8 Å². The number of aryl methyl sites for hydroxylation is 2. The molecule has 0 saturated carbocycles. The summed E-state index contributed by atoms with van der Waals surface area (Å²) in [6.45, 7) is 3.52. The van der Waals surface area contributed by atoms with Crippen LogP contribution >= 0.6 is 0 Å². The summed E-state index contributed by atoms with van der Waals surface area (Å²) in [5.41, 5.74) is 2.35. The third-order valence-corrected chi connectivity index (χ3v) is 5.86. The van der Waals surface area contributed by atoms with Gasteiger partial charge in [-0.3, -0.25) is 4.79 Å². The number of nitrogens with zero attached hydrogens (tertiary/aromatic N) is 3. The Labute approximate surface area is 173 Å². The molecule has 0 aliphatic carbocycles. The van der Waals surface area contributed by atoms with Gasteiger partial charge < -0.3 is 9.50 Å². The van der Waals surface area contributed by atoms with E-state index in [9.17, 15) is 13.2 Å². The molecule has 2 aromatic carbocycles. The molecule has 8 nitrogen and oxygen atoms in total. The molecule has 30 heavy (non-hydrogen) atoms. The molecular weight excluding hydrogens is 404 g/mol. The fourth-order valence-corrected chi connectivity index (χ4v) is 4.17. The van der Waals surface area contributed by atoms with E-state index >= 15 is 0 Å². The molecule has 2 heterocycles. The first-order valence-corrected chi connectivity index (χ1v) is 10.5. The molecule has 1 N–H and O–H groups in total. The molecule has 0 aliphatic heterocycles. The Bertz CT molecular complexity index is 1350. The normalized spacial score (nSPS) is 11.4. The molecule has 0 unspecified atom stereocenters. The van der Waals surface area contributed by atoms with Gasteiger partial charge in [0.25, 0.3) is 5.91 Å². The van der Waals surface area contributed by atoms with E-state index in [0.29, 0.717) is 22.6 Å². The van der Waals surface area contributed by atoms with Crippen LogP contribution in [0.2, 0.25) is 0 Å². The maximum absolute atomic E-state index is 12.6. The second-order valence-corrected chi connectivity index (χ2v) is 8.23. The molecule has 1 amide bonds. The lowest BCUT2D eigenvalue weighted by molar-refractivity contribution is 0.102. The van der Waals surface area contributed by atoms with Crippen LogP contribution < -0.4 is 9.50 Å². The molecule has 4 rings (SSSR count). The molecule has 4 aromatic rings. The molecular formula is C21H18N4O4S. The minimum Gasteiger partial charge on any atom is -0.379 e. The van der Waals surface area contributed by atoms with Gasteiger partial charge in [-0.15, -0.1) is 0 Å². The number of aromatic nitrogens is 3. The van der Waals surface area contributed by atoms with Gasteiger partial charge >= 0.3 is 10.1 Å². The highest BCUT2D eigenvalue weighted by Crippen LogP contribution is 2.23. The van der Waals surface area contributed by atoms with Gasteiger partial charge in [-0.25, -0.2) is 4.98 Å². The molecule has 0 atom stereocenters. The number of amides is 1. The van der Waals surface area contributed by atoms with Crippen molar-refractivity contribution in [2.45, 2.75) is 18.7 Å². The van der Waals surface area contributed by atoms with Crippen molar-refractivity contribution in [3.63, 3.8) is 0 Å². The minimum absolute atomic E-state index is 0.116. The van der Waals surface area contributed by atoms with Gasteiger partial charge in [0.1, 0.15) is 16.5 Å². The Hall–Kier alpha value is -3.72. The Balaban J connectivity index is 1.52. The van der Waals surface area contributed by atoms with Crippen LogP contribution in [0.3, 0.4) is 0 Å². The minimum atomic E-state index is -3.99. The van der Waals surface area contributed by atoms with Gasteiger partial charge in [0.15, 0.2) is 5.65 Å². The van der Waals surface area contributed by atoms with Gasteiger partial charge in [-0.05, 0) is 61.4 Å². The van der Waals surface area contributed by atoms with Crippen LogP contribution in [0.5, 0.6) is 5.75 Å². The summed E-state index contributed by atoms with van der Waals surface area (Å²) in [7, 11) is -3.99. The summed E-state index contributed by atoms with van der Waals surface area (Å²) in [6, 6.07) is 14.3. The van der Waals surface area contributed by atoms with Crippen LogP contribution in [0.1, 0.15) is 21.5 Å². The van der Waals surface area contributed by atoms with Crippen LogP contribution in [-0.4, -0.2) is 28.9 Å². The summed E-state index contributed by atoms with van der Waals surface area (Å²) >= 11 is 0. The maximum Gasteiger partial charge on any atom is 0.339 e. The fourth-order valence-electron chi connectivity index (χ4n) is 2.93. The monoisotopic (exact) mass is 422 g/mol. The number of carbonyl (C=O) groups excluding carboxylic acids is 1. The number of nitrogens with one attached hydrogen (secondary N) is 1. The summed E-state index contributed by atoms with van der Waals surface area (Å²) < 4.78 is 32.0. The van der Waals surface area contributed by atoms with E-state index in [-0.39, 0.29) is 16.6 Å². The van der Waals surface area contributed by atoms with Crippen molar-refractivity contribution in [3.8, 4) is 5.75 Å². The molecule has 0 radical (unpaired) electrons. The lowest BCUT2D eigenvalue weighted by Gasteiger charge is -2.11. The molecule has 0 bridgehead atoms. The number of carbonyl (C=O) groups is 1. The molecule has 0 saturated heterocycles. The van der Waals surface area contributed by atoms with Gasteiger partial charge in [0.05, 0.1) is 6.20 Å². The van der Waals surface area contributed by atoms with Crippen LogP contribution in [0.4, 0.5) is 5.82 Å². The van der Waals surface area contributed by atoms with Crippen molar-refractivity contribution < 1.29 is 17.4 Å². The van der Waals surface area contributed by atoms with Crippen LogP contribution in [0.25, 0.3) is 5.65 Å². The number of benzene rings is 2. The highest BCUT2D eigenvalue weighted by Gasteiger charge is 2.20. The van der Waals surface area contributed by atoms with Crippen molar-refractivity contribution in [3.05, 3.63) is 83.7 Å². The third-order valence-electron chi connectivity index (χ3n) is 4.47. The first-order chi connectivity index (χ1) is 14.3.